The van der Waals surface area contributed by atoms with Gasteiger partial charge in [0.2, 0.25) is 0 Å². The van der Waals surface area contributed by atoms with Crippen molar-refractivity contribution in [3.8, 4) is 0 Å². The lowest BCUT2D eigenvalue weighted by molar-refractivity contribution is 0.0698. The second kappa shape index (κ2) is 4.50. The number of nitrogens with two attached hydrogens (primary N) is 1. The van der Waals surface area contributed by atoms with E-state index in [0.29, 0.717) is 0 Å². The fourth-order valence-electron chi connectivity index (χ4n) is 1.15. The zero-order valence-corrected chi connectivity index (χ0v) is 9.07. The Hall–Kier alpha value is -1.60. The number of aliphatic hydroxyl groups is 1. The summed E-state index contributed by atoms with van der Waals surface area (Å²) in [6.45, 7) is -0.519. The monoisotopic (exact) mass is 245 g/mol. The lowest BCUT2D eigenvalue weighted by Gasteiger charge is -2.05. The highest BCUT2D eigenvalue weighted by atomic mass is 32.2. The van der Waals surface area contributed by atoms with Gasteiger partial charge < -0.3 is 15.9 Å². The summed E-state index contributed by atoms with van der Waals surface area (Å²) in [7, 11) is -3.65. The summed E-state index contributed by atoms with van der Waals surface area (Å²) >= 11 is 0. The van der Waals surface area contributed by atoms with Crippen LogP contribution in [0.25, 0.3) is 0 Å². The summed E-state index contributed by atoms with van der Waals surface area (Å²) in [5.74, 6) is -1.74. The third-order valence-electron chi connectivity index (χ3n) is 1.97. The number of hydrogen-bond donors (Lipinski definition) is 3. The smallest absolute Gasteiger partial charge is 0.337 e. The maximum absolute atomic E-state index is 11.5. The lowest BCUT2D eigenvalue weighted by atomic mass is 10.2. The molecule has 0 bridgehead atoms. The van der Waals surface area contributed by atoms with Gasteiger partial charge in [-0.15, -0.1) is 0 Å². The number of carboxylic acids is 1. The summed E-state index contributed by atoms with van der Waals surface area (Å²) in [6, 6.07) is 3.42. The first kappa shape index (κ1) is 12.5. The fraction of sp³-hybridized carbons (Fsp3) is 0.222. The normalized spacial score (nSPS) is 11.3. The van der Waals surface area contributed by atoms with Crippen molar-refractivity contribution in [1.82, 2.24) is 0 Å². The Kier molecular flexibility index (Phi) is 3.51. The highest BCUT2D eigenvalue weighted by molar-refractivity contribution is 7.91. The molecule has 0 saturated carbocycles. The minimum absolute atomic E-state index is 0.00421. The summed E-state index contributed by atoms with van der Waals surface area (Å²) in [4.78, 5) is 10.6. The highest BCUT2D eigenvalue weighted by Gasteiger charge is 2.17. The molecule has 0 unspecified atom stereocenters. The second-order valence-corrected chi connectivity index (χ2v) is 5.21. The van der Waals surface area contributed by atoms with E-state index in [1.54, 1.807) is 0 Å². The van der Waals surface area contributed by atoms with E-state index in [9.17, 15) is 13.2 Å². The molecule has 6 nitrogen and oxygen atoms in total. The standard InChI is InChI=1S/C9H11NO5S/c10-8-2-1-6(5-7(8)9(12)13)16(14,15)4-3-11/h1-2,5,11H,3-4,10H2,(H,12,13). The molecule has 0 saturated heterocycles. The number of hydrogen-bond acceptors (Lipinski definition) is 5. The predicted octanol–water partition coefficient (Wildman–Crippen LogP) is -0.267. The molecule has 7 heteroatoms. The van der Waals surface area contributed by atoms with Gasteiger partial charge in [-0.1, -0.05) is 0 Å². The van der Waals surface area contributed by atoms with Crippen molar-refractivity contribution >= 4 is 21.5 Å². The molecule has 0 fully saturated rings. The highest BCUT2D eigenvalue weighted by Crippen LogP contribution is 2.18. The Morgan fingerprint density at radius 1 is 1.38 bits per heavy atom. The topological polar surface area (TPSA) is 118 Å². The Labute approximate surface area is 92.2 Å². The molecule has 0 aliphatic heterocycles. The number of aliphatic hydroxyl groups excluding tert-OH is 1. The van der Waals surface area contributed by atoms with E-state index < -0.39 is 28.2 Å². The van der Waals surface area contributed by atoms with Gasteiger partial charge in [-0.3, -0.25) is 0 Å². The summed E-state index contributed by atoms with van der Waals surface area (Å²) in [6.07, 6.45) is 0. The number of anilines is 1. The molecule has 1 aromatic rings. The van der Waals surface area contributed by atoms with E-state index in [1.807, 2.05) is 0 Å². The summed E-state index contributed by atoms with van der Waals surface area (Å²) in [5.41, 5.74) is 5.11. The first-order chi connectivity index (χ1) is 7.38. The first-order valence-corrected chi connectivity index (χ1v) is 6.00. The van der Waals surface area contributed by atoms with Crippen LogP contribution >= 0.6 is 0 Å². The van der Waals surface area contributed by atoms with Gasteiger partial charge in [0.1, 0.15) is 0 Å². The number of benzene rings is 1. The quantitative estimate of drug-likeness (QED) is 0.628. The molecular formula is C9H11NO5S. The third-order valence-corrected chi connectivity index (χ3v) is 3.67. The molecule has 16 heavy (non-hydrogen) atoms. The van der Waals surface area contributed by atoms with Gasteiger partial charge in [0.05, 0.1) is 22.8 Å². The number of rotatable bonds is 4. The van der Waals surface area contributed by atoms with E-state index in [1.165, 1.54) is 12.1 Å². The minimum Gasteiger partial charge on any atom is -0.478 e. The van der Waals surface area contributed by atoms with E-state index in [2.05, 4.69) is 0 Å². The molecule has 0 spiro atoms. The van der Waals surface area contributed by atoms with Crippen molar-refractivity contribution in [2.45, 2.75) is 4.90 Å². The Bertz CT molecular complexity index is 509. The van der Waals surface area contributed by atoms with Gasteiger partial charge >= 0.3 is 5.97 Å². The molecule has 0 atom stereocenters. The lowest BCUT2D eigenvalue weighted by Crippen LogP contribution is -2.12. The van der Waals surface area contributed by atoms with Crippen LogP contribution in [0, 0.1) is 0 Å². The van der Waals surface area contributed by atoms with Crippen molar-refractivity contribution in [1.29, 1.82) is 0 Å². The van der Waals surface area contributed by atoms with E-state index in [0.717, 1.165) is 6.07 Å². The first-order valence-electron chi connectivity index (χ1n) is 4.35. The zero-order valence-electron chi connectivity index (χ0n) is 8.25. The van der Waals surface area contributed by atoms with Gasteiger partial charge in [0, 0.05) is 5.69 Å². The predicted molar refractivity (Wildman–Crippen MR) is 57.0 cm³/mol. The molecular weight excluding hydrogens is 234 g/mol. The molecule has 1 rings (SSSR count). The van der Waals surface area contributed by atoms with Crippen molar-refractivity contribution in [3.05, 3.63) is 23.8 Å². The van der Waals surface area contributed by atoms with Crippen LogP contribution in [0.4, 0.5) is 5.69 Å². The zero-order chi connectivity index (χ0) is 12.3. The van der Waals surface area contributed by atoms with Gasteiger partial charge in [0.25, 0.3) is 0 Å². The number of sulfone groups is 1. The summed E-state index contributed by atoms with van der Waals surface area (Å²) in [5, 5.41) is 17.3. The third kappa shape index (κ3) is 2.50. The van der Waals surface area contributed by atoms with Crippen molar-refractivity contribution in [2.24, 2.45) is 0 Å². The second-order valence-electron chi connectivity index (χ2n) is 3.10. The molecule has 0 aliphatic carbocycles. The Balaban J connectivity index is 3.28. The van der Waals surface area contributed by atoms with Crippen molar-refractivity contribution < 1.29 is 23.4 Å². The van der Waals surface area contributed by atoms with Crippen LogP contribution in [-0.2, 0) is 9.84 Å². The molecule has 0 aliphatic rings. The number of carboxylic acid groups (broad SMARTS) is 1. The van der Waals surface area contributed by atoms with E-state index in [-0.39, 0.29) is 16.1 Å². The number of aromatic carboxylic acids is 1. The molecule has 4 N–H and O–H groups in total. The number of nitrogen functional groups attached to an aromatic ring is 1. The largest absolute Gasteiger partial charge is 0.478 e. The maximum Gasteiger partial charge on any atom is 0.337 e. The van der Waals surface area contributed by atoms with Gasteiger partial charge in [-0.2, -0.15) is 0 Å². The van der Waals surface area contributed by atoms with Gasteiger partial charge in [-0.05, 0) is 18.2 Å². The van der Waals surface area contributed by atoms with Crippen LogP contribution in [0.15, 0.2) is 23.1 Å². The van der Waals surface area contributed by atoms with Crippen molar-refractivity contribution in [2.75, 3.05) is 18.1 Å². The average molecular weight is 245 g/mol. The SMILES string of the molecule is Nc1ccc(S(=O)(=O)CCO)cc1C(=O)O. The number of carbonyl (C=O) groups is 1. The van der Waals surface area contributed by atoms with Crippen LogP contribution in [0.1, 0.15) is 10.4 Å². The Morgan fingerprint density at radius 2 is 2.00 bits per heavy atom. The van der Waals surface area contributed by atoms with Crippen molar-refractivity contribution in [3.63, 3.8) is 0 Å². The van der Waals surface area contributed by atoms with Crippen LogP contribution in [0.3, 0.4) is 0 Å². The van der Waals surface area contributed by atoms with E-state index >= 15 is 0 Å². The molecule has 0 radical (unpaired) electrons. The maximum atomic E-state index is 11.5. The Morgan fingerprint density at radius 3 is 2.50 bits per heavy atom. The van der Waals surface area contributed by atoms with Crippen LogP contribution < -0.4 is 5.73 Å². The molecule has 0 amide bonds. The molecule has 0 heterocycles. The van der Waals surface area contributed by atoms with Gasteiger partial charge in [-0.25, -0.2) is 13.2 Å². The van der Waals surface area contributed by atoms with Crippen LogP contribution in [0.2, 0.25) is 0 Å². The fourth-order valence-corrected chi connectivity index (χ4v) is 2.20. The minimum atomic E-state index is -3.65. The van der Waals surface area contributed by atoms with Crippen LogP contribution in [-0.4, -0.2) is 37.0 Å². The molecule has 1 aromatic carbocycles. The van der Waals surface area contributed by atoms with Crippen LogP contribution in [0.5, 0.6) is 0 Å². The average Bonchev–Trinajstić information content (AvgIpc) is 2.17. The molecule has 0 aromatic heterocycles. The van der Waals surface area contributed by atoms with Gasteiger partial charge in [0.15, 0.2) is 9.84 Å². The molecule has 88 valence electrons. The summed E-state index contributed by atoms with van der Waals surface area (Å²) < 4.78 is 23.0. The van der Waals surface area contributed by atoms with E-state index in [4.69, 9.17) is 15.9 Å².